The van der Waals surface area contributed by atoms with Gasteiger partial charge in [0.1, 0.15) is 17.6 Å². The molecule has 1 atom stereocenters. The molecule has 0 saturated carbocycles. The minimum atomic E-state index is -0.692. The maximum absolute atomic E-state index is 13.2. The summed E-state index contributed by atoms with van der Waals surface area (Å²) >= 11 is 1.66. The van der Waals surface area contributed by atoms with E-state index in [1.54, 1.807) is 41.7 Å². The predicted octanol–water partition coefficient (Wildman–Crippen LogP) is 7.07. The number of methoxy groups -OCH3 is 1. The molecular formula is C34H32N2O5S. The van der Waals surface area contributed by atoms with E-state index in [2.05, 4.69) is 23.3 Å². The van der Waals surface area contributed by atoms with Gasteiger partial charge < -0.3 is 19.2 Å². The van der Waals surface area contributed by atoms with Gasteiger partial charge in [-0.3, -0.25) is 4.79 Å². The number of oxazole rings is 1. The van der Waals surface area contributed by atoms with E-state index < -0.39 is 12.0 Å². The van der Waals surface area contributed by atoms with Crippen LogP contribution < -0.4 is 10.1 Å². The van der Waals surface area contributed by atoms with Crippen LogP contribution in [0.2, 0.25) is 0 Å². The molecule has 0 radical (unpaired) electrons. The Morgan fingerprint density at radius 2 is 1.67 bits per heavy atom. The fraction of sp³-hybridized carbons (Fsp3) is 0.206. The van der Waals surface area contributed by atoms with Crippen molar-refractivity contribution in [3.63, 3.8) is 0 Å². The Hall–Kier alpha value is -4.69. The number of aryl methyl sites for hydroxylation is 2. The van der Waals surface area contributed by atoms with Gasteiger partial charge in [-0.15, -0.1) is 11.3 Å². The van der Waals surface area contributed by atoms with Crippen molar-refractivity contribution < 1.29 is 23.5 Å². The molecule has 214 valence electrons. The molecule has 0 spiro atoms. The summed E-state index contributed by atoms with van der Waals surface area (Å²) in [4.78, 5) is 32.8. The summed E-state index contributed by atoms with van der Waals surface area (Å²) in [6.07, 6.45) is 0.987. The third-order valence-corrected chi connectivity index (χ3v) is 7.83. The van der Waals surface area contributed by atoms with Crippen LogP contribution in [0.15, 0.2) is 95.4 Å². The van der Waals surface area contributed by atoms with Crippen LogP contribution in [0.25, 0.3) is 10.8 Å². The maximum Gasteiger partial charge on any atom is 0.328 e. The number of para-hydroxylation sites is 1. The number of nitrogens with one attached hydrogen (secondary N) is 1. The number of ether oxygens (including phenoxy) is 2. The number of carbonyl (C=O) groups is 2. The van der Waals surface area contributed by atoms with Gasteiger partial charge in [-0.2, -0.15) is 0 Å². The zero-order chi connectivity index (χ0) is 29.5. The van der Waals surface area contributed by atoms with Gasteiger partial charge in [0.2, 0.25) is 5.89 Å². The highest BCUT2D eigenvalue weighted by molar-refractivity contribution is 7.15. The number of hydrogen-bond donors (Lipinski definition) is 1. The largest absolute Gasteiger partial charge is 0.493 e. The zero-order valence-corrected chi connectivity index (χ0v) is 24.6. The van der Waals surface area contributed by atoms with Crippen LogP contribution in [-0.2, 0) is 22.4 Å². The molecule has 0 aliphatic rings. The van der Waals surface area contributed by atoms with Crippen molar-refractivity contribution in [2.45, 2.75) is 32.7 Å². The Balaban J connectivity index is 1.21. The summed E-state index contributed by atoms with van der Waals surface area (Å²) in [6, 6.07) is 27.2. The number of anilines is 1. The third-order valence-electron chi connectivity index (χ3n) is 6.84. The number of hydrogen-bond acceptors (Lipinski definition) is 8. The molecule has 5 aromatic rings. The smallest absolute Gasteiger partial charge is 0.328 e. The molecule has 2 aromatic heterocycles. The minimum Gasteiger partial charge on any atom is -0.493 e. The molecule has 2 heterocycles. The SMILES string of the molecule is COC(=O)[C@H](Cc1ccc(OCCc2nc(-c3ccc(C)s3)oc2C)cc1)Nc1ccccc1C(=O)c1ccccc1. The normalized spacial score (nSPS) is 11.6. The number of thiophene rings is 1. The lowest BCUT2D eigenvalue weighted by atomic mass is 10.00. The van der Waals surface area contributed by atoms with Gasteiger partial charge in [-0.05, 0) is 55.8 Å². The Kier molecular flexibility index (Phi) is 9.14. The summed E-state index contributed by atoms with van der Waals surface area (Å²) in [5.41, 5.74) is 3.43. The average Bonchev–Trinajstić information content (AvgIpc) is 3.62. The fourth-order valence-electron chi connectivity index (χ4n) is 4.61. The first-order valence-electron chi connectivity index (χ1n) is 13.7. The highest BCUT2D eigenvalue weighted by Gasteiger charge is 2.23. The summed E-state index contributed by atoms with van der Waals surface area (Å²) in [5, 5.41) is 3.24. The number of rotatable bonds is 12. The molecule has 0 amide bonds. The third kappa shape index (κ3) is 6.95. The van der Waals surface area contributed by atoms with Gasteiger partial charge in [0.15, 0.2) is 5.78 Å². The van der Waals surface area contributed by atoms with Crippen molar-refractivity contribution in [1.29, 1.82) is 0 Å². The van der Waals surface area contributed by atoms with Crippen molar-refractivity contribution in [2.24, 2.45) is 0 Å². The van der Waals surface area contributed by atoms with Crippen LogP contribution in [0.1, 0.15) is 37.8 Å². The van der Waals surface area contributed by atoms with Crippen LogP contribution >= 0.6 is 11.3 Å². The van der Waals surface area contributed by atoms with Crippen LogP contribution in [0, 0.1) is 13.8 Å². The van der Waals surface area contributed by atoms with Crippen molar-refractivity contribution in [2.75, 3.05) is 19.0 Å². The van der Waals surface area contributed by atoms with Gasteiger partial charge in [-0.1, -0.05) is 54.6 Å². The minimum absolute atomic E-state index is 0.123. The van der Waals surface area contributed by atoms with E-state index in [1.807, 2.05) is 61.5 Å². The second kappa shape index (κ2) is 13.3. The quantitative estimate of drug-likeness (QED) is 0.125. The van der Waals surface area contributed by atoms with E-state index in [1.165, 1.54) is 12.0 Å². The molecule has 0 aliphatic carbocycles. The van der Waals surface area contributed by atoms with E-state index >= 15 is 0 Å². The molecule has 42 heavy (non-hydrogen) atoms. The first-order valence-corrected chi connectivity index (χ1v) is 14.5. The number of esters is 1. The Labute approximate surface area is 249 Å². The summed E-state index contributed by atoms with van der Waals surface area (Å²) < 4.78 is 16.9. The monoisotopic (exact) mass is 580 g/mol. The lowest BCUT2D eigenvalue weighted by Gasteiger charge is -2.20. The van der Waals surface area contributed by atoms with E-state index in [0.29, 0.717) is 42.2 Å². The lowest BCUT2D eigenvalue weighted by molar-refractivity contribution is -0.141. The Morgan fingerprint density at radius 1 is 0.929 bits per heavy atom. The molecule has 0 aliphatic heterocycles. The predicted molar refractivity (Wildman–Crippen MR) is 164 cm³/mol. The highest BCUT2D eigenvalue weighted by atomic mass is 32.1. The number of carbonyl (C=O) groups excluding carboxylic acids is 2. The second-order valence-electron chi connectivity index (χ2n) is 9.84. The van der Waals surface area contributed by atoms with Gasteiger partial charge in [0, 0.05) is 34.5 Å². The van der Waals surface area contributed by atoms with Crippen LogP contribution in [-0.4, -0.2) is 36.5 Å². The van der Waals surface area contributed by atoms with Crippen LogP contribution in [0.5, 0.6) is 5.75 Å². The summed E-state index contributed by atoms with van der Waals surface area (Å²) in [5.74, 6) is 1.62. The molecule has 5 rings (SSSR count). The Morgan fingerprint density at radius 3 is 2.38 bits per heavy atom. The maximum atomic E-state index is 13.2. The lowest BCUT2D eigenvalue weighted by Crippen LogP contribution is -2.33. The molecule has 0 bridgehead atoms. The number of benzene rings is 3. The van der Waals surface area contributed by atoms with Gasteiger partial charge in [0.25, 0.3) is 0 Å². The highest BCUT2D eigenvalue weighted by Crippen LogP contribution is 2.29. The van der Waals surface area contributed by atoms with Crippen LogP contribution in [0.4, 0.5) is 5.69 Å². The number of nitrogens with zero attached hydrogens (tertiary/aromatic N) is 1. The van der Waals surface area contributed by atoms with Gasteiger partial charge >= 0.3 is 5.97 Å². The molecular weight excluding hydrogens is 548 g/mol. The van der Waals surface area contributed by atoms with Crippen molar-refractivity contribution in [3.8, 4) is 16.5 Å². The molecule has 0 fully saturated rings. The molecule has 3 aromatic carbocycles. The standard InChI is InChI=1S/C34H32N2O5S/c1-22-13-18-31(42-22)33-36-28(23(2)41-33)19-20-40-26-16-14-24(15-17-26)21-30(34(38)39-3)35-29-12-8-7-11-27(29)32(37)25-9-5-4-6-10-25/h4-18,30,35H,19-21H2,1-3H3/t30-/m0/s1. The van der Waals surface area contributed by atoms with Crippen molar-refractivity contribution in [3.05, 3.63) is 124 Å². The van der Waals surface area contributed by atoms with Crippen molar-refractivity contribution in [1.82, 2.24) is 4.98 Å². The molecule has 0 unspecified atom stereocenters. The summed E-state index contributed by atoms with van der Waals surface area (Å²) in [7, 11) is 1.36. The first-order chi connectivity index (χ1) is 20.4. The molecule has 1 N–H and O–H groups in total. The van der Waals surface area contributed by atoms with E-state index in [4.69, 9.17) is 13.9 Å². The molecule has 8 heteroatoms. The zero-order valence-electron chi connectivity index (χ0n) is 23.8. The summed E-state index contributed by atoms with van der Waals surface area (Å²) in [6.45, 7) is 4.43. The average molecular weight is 581 g/mol. The second-order valence-corrected chi connectivity index (χ2v) is 11.1. The van der Waals surface area contributed by atoms with E-state index in [-0.39, 0.29) is 5.78 Å². The van der Waals surface area contributed by atoms with E-state index in [0.717, 1.165) is 27.6 Å². The number of aromatic nitrogens is 1. The topological polar surface area (TPSA) is 90.7 Å². The van der Waals surface area contributed by atoms with Crippen LogP contribution in [0.3, 0.4) is 0 Å². The van der Waals surface area contributed by atoms with E-state index in [9.17, 15) is 9.59 Å². The van der Waals surface area contributed by atoms with Gasteiger partial charge in [-0.25, -0.2) is 9.78 Å². The molecule has 0 saturated heterocycles. The Bertz CT molecular complexity index is 1660. The number of ketones is 1. The fourth-order valence-corrected chi connectivity index (χ4v) is 5.41. The first kappa shape index (κ1) is 28.8. The molecule has 7 nitrogen and oxygen atoms in total. The van der Waals surface area contributed by atoms with Gasteiger partial charge in [0.05, 0.1) is 24.3 Å². The van der Waals surface area contributed by atoms with Crippen molar-refractivity contribution >= 4 is 28.8 Å².